The number of amides is 1. The molecular formula is C20H22Cl2N2O2. The Bertz CT molecular complexity index is 804. The average Bonchev–Trinajstić information content (AvgIpc) is 2.60. The maximum Gasteiger partial charge on any atom is 0.284 e. The molecule has 138 valence electrons. The second-order valence-electron chi connectivity index (χ2n) is 6.97. The molecule has 0 saturated heterocycles. The lowest BCUT2D eigenvalue weighted by Gasteiger charge is -2.35. The van der Waals surface area contributed by atoms with Crippen LogP contribution in [0.3, 0.4) is 0 Å². The zero-order valence-electron chi connectivity index (χ0n) is 15.3. The molecule has 0 aliphatic heterocycles. The minimum atomic E-state index is -0.870. The van der Waals surface area contributed by atoms with E-state index in [0.29, 0.717) is 11.1 Å². The quantitative estimate of drug-likeness (QED) is 0.379. The van der Waals surface area contributed by atoms with Gasteiger partial charge in [-0.15, -0.1) is 4.53 Å². The number of ketones is 1. The number of Topliss-reactive ketones (excluding diaryl/α,β-unsaturated/α-hetero) is 1. The van der Waals surface area contributed by atoms with Gasteiger partial charge in [0.05, 0.1) is 5.54 Å². The number of carbonyl (C=O) groups is 2. The SMILES string of the molecule is Cc1ccc(C(=O)CC(C)(C)N(Cl)N(Cl)C(=O)c2cccc(C)c2)cc1. The van der Waals surface area contributed by atoms with Crippen LogP contribution in [-0.2, 0) is 0 Å². The van der Waals surface area contributed by atoms with Gasteiger partial charge in [0.1, 0.15) is 0 Å². The number of carbonyl (C=O) groups excluding carboxylic acids is 2. The highest BCUT2D eigenvalue weighted by Gasteiger charge is 2.35. The van der Waals surface area contributed by atoms with E-state index >= 15 is 0 Å². The van der Waals surface area contributed by atoms with E-state index in [2.05, 4.69) is 0 Å². The van der Waals surface area contributed by atoms with Crippen molar-refractivity contribution in [2.45, 2.75) is 39.7 Å². The summed E-state index contributed by atoms with van der Waals surface area (Å²) in [5.41, 5.74) is 2.17. The van der Waals surface area contributed by atoms with E-state index in [1.165, 1.54) is 0 Å². The summed E-state index contributed by atoms with van der Waals surface area (Å²) in [4.78, 5) is 25.1. The van der Waals surface area contributed by atoms with Gasteiger partial charge >= 0.3 is 0 Å². The van der Waals surface area contributed by atoms with Crippen LogP contribution in [0.5, 0.6) is 0 Å². The lowest BCUT2D eigenvalue weighted by atomic mass is 9.94. The Balaban J connectivity index is 2.12. The first-order valence-electron chi connectivity index (χ1n) is 8.24. The van der Waals surface area contributed by atoms with Crippen LogP contribution in [0.4, 0.5) is 0 Å². The van der Waals surface area contributed by atoms with Crippen LogP contribution >= 0.6 is 23.6 Å². The number of halogens is 2. The van der Waals surface area contributed by atoms with E-state index < -0.39 is 11.4 Å². The third-order valence-corrected chi connectivity index (χ3v) is 5.04. The van der Waals surface area contributed by atoms with Crippen molar-refractivity contribution < 1.29 is 9.59 Å². The summed E-state index contributed by atoms with van der Waals surface area (Å²) in [5, 5.41) is 0. The molecule has 2 rings (SSSR count). The lowest BCUT2D eigenvalue weighted by Crippen LogP contribution is -2.48. The summed E-state index contributed by atoms with van der Waals surface area (Å²) < 4.78 is 1.89. The molecule has 0 fully saturated rings. The Morgan fingerprint density at radius 3 is 2.12 bits per heavy atom. The Kier molecular flexibility index (Phi) is 6.45. The Morgan fingerprint density at radius 2 is 1.54 bits per heavy atom. The van der Waals surface area contributed by atoms with Crippen molar-refractivity contribution in [1.29, 1.82) is 0 Å². The summed E-state index contributed by atoms with van der Waals surface area (Å²) in [5.74, 6) is -0.532. The number of benzene rings is 2. The van der Waals surface area contributed by atoms with Gasteiger partial charge in [0.25, 0.3) is 5.91 Å². The number of rotatable bonds is 6. The Labute approximate surface area is 164 Å². The monoisotopic (exact) mass is 392 g/mol. The first-order chi connectivity index (χ1) is 12.1. The van der Waals surface area contributed by atoms with Crippen LogP contribution in [0, 0.1) is 13.8 Å². The number of aryl methyl sites for hydroxylation is 2. The van der Waals surface area contributed by atoms with Crippen molar-refractivity contribution in [3.8, 4) is 0 Å². The zero-order valence-corrected chi connectivity index (χ0v) is 16.8. The molecule has 0 N–H and O–H groups in total. The first-order valence-corrected chi connectivity index (χ1v) is 8.92. The van der Waals surface area contributed by atoms with Gasteiger partial charge in [0.2, 0.25) is 0 Å². The smallest absolute Gasteiger partial charge is 0.284 e. The van der Waals surface area contributed by atoms with E-state index in [0.717, 1.165) is 20.2 Å². The maximum absolute atomic E-state index is 12.6. The predicted molar refractivity (Wildman–Crippen MR) is 105 cm³/mol. The van der Waals surface area contributed by atoms with Crippen LogP contribution in [-0.4, -0.2) is 26.3 Å². The lowest BCUT2D eigenvalue weighted by molar-refractivity contribution is 0.0374. The summed E-state index contributed by atoms with van der Waals surface area (Å²) in [7, 11) is 0. The molecule has 0 aromatic heterocycles. The minimum Gasteiger partial charge on any atom is -0.294 e. The van der Waals surface area contributed by atoms with E-state index in [-0.39, 0.29) is 12.2 Å². The zero-order chi connectivity index (χ0) is 19.5. The van der Waals surface area contributed by atoms with Crippen molar-refractivity contribution in [1.82, 2.24) is 9.06 Å². The molecule has 0 aliphatic carbocycles. The third-order valence-electron chi connectivity index (χ3n) is 4.05. The van der Waals surface area contributed by atoms with Crippen molar-refractivity contribution in [3.63, 3.8) is 0 Å². The summed E-state index contributed by atoms with van der Waals surface area (Å²) in [6.07, 6.45) is 0.101. The standard InChI is InChI=1S/C20H22Cl2N2O2/c1-14-8-10-16(11-9-14)18(25)13-20(3,4)24(22)23(21)19(26)17-7-5-6-15(2)12-17/h5-12H,13H2,1-4H3. The largest absolute Gasteiger partial charge is 0.294 e. The van der Waals surface area contributed by atoms with Gasteiger partial charge < -0.3 is 0 Å². The fourth-order valence-electron chi connectivity index (χ4n) is 2.50. The fraction of sp³-hybridized carbons (Fsp3) is 0.300. The molecule has 2 aromatic rings. The predicted octanol–water partition coefficient (Wildman–Crippen LogP) is 5.32. The molecule has 4 nitrogen and oxygen atoms in total. The van der Waals surface area contributed by atoms with Crippen molar-refractivity contribution >= 4 is 35.2 Å². The number of hydrogen-bond acceptors (Lipinski definition) is 3. The number of hydrogen-bond donors (Lipinski definition) is 0. The summed E-state index contributed by atoms with van der Waals surface area (Å²) in [6.45, 7) is 7.36. The molecule has 0 radical (unpaired) electrons. The maximum atomic E-state index is 12.6. The number of nitrogens with zero attached hydrogens (tertiary/aromatic N) is 2. The van der Waals surface area contributed by atoms with E-state index in [9.17, 15) is 9.59 Å². The molecule has 0 unspecified atom stereocenters. The van der Waals surface area contributed by atoms with Crippen LogP contribution in [0.15, 0.2) is 48.5 Å². The Morgan fingerprint density at radius 1 is 0.923 bits per heavy atom. The van der Waals surface area contributed by atoms with Crippen LogP contribution in [0.25, 0.3) is 0 Å². The molecule has 0 bridgehead atoms. The second kappa shape index (κ2) is 8.21. The Hall–Kier alpha value is -1.88. The van der Waals surface area contributed by atoms with Gasteiger partial charge in [-0.25, -0.2) is 0 Å². The highest BCUT2D eigenvalue weighted by molar-refractivity contribution is 6.27. The molecular weight excluding hydrogens is 371 g/mol. The summed E-state index contributed by atoms with van der Waals surface area (Å²) in [6, 6.07) is 14.4. The molecule has 0 aliphatic rings. The van der Waals surface area contributed by atoms with Crippen molar-refractivity contribution in [3.05, 3.63) is 70.8 Å². The van der Waals surface area contributed by atoms with Gasteiger partial charge in [0.15, 0.2) is 5.78 Å². The van der Waals surface area contributed by atoms with Gasteiger partial charge in [-0.2, -0.15) is 4.53 Å². The molecule has 2 aromatic carbocycles. The normalized spacial score (nSPS) is 11.5. The fourth-order valence-corrected chi connectivity index (χ4v) is 2.93. The second-order valence-corrected chi connectivity index (χ2v) is 7.61. The topological polar surface area (TPSA) is 40.6 Å². The van der Waals surface area contributed by atoms with Gasteiger partial charge in [-0.1, -0.05) is 47.5 Å². The third kappa shape index (κ3) is 4.85. The van der Waals surface area contributed by atoms with Crippen LogP contribution in [0.1, 0.15) is 52.1 Å². The average molecular weight is 393 g/mol. The molecule has 0 heterocycles. The van der Waals surface area contributed by atoms with Gasteiger partial charge in [-0.3, -0.25) is 9.59 Å². The van der Waals surface area contributed by atoms with E-state index in [4.69, 9.17) is 23.6 Å². The number of hydrazine groups is 1. The van der Waals surface area contributed by atoms with Crippen LogP contribution < -0.4 is 0 Å². The molecule has 6 heteroatoms. The van der Waals surface area contributed by atoms with E-state index in [1.807, 2.05) is 32.0 Å². The first kappa shape index (κ1) is 20.4. The minimum absolute atomic E-state index is 0.0753. The summed E-state index contributed by atoms with van der Waals surface area (Å²) >= 11 is 12.5. The van der Waals surface area contributed by atoms with Gasteiger partial charge in [0, 0.05) is 41.1 Å². The highest BCUT2D eigenvalue weighted by Crippen LogP contribution is 2.28. The highest BCUT2D eigenvalue weighted by atomic mass is 35.5. The molecule has 0 saturated carbocycles. The van der Waals surface area contributed by atoms with Crippen molar-refractivity contribution in [2.75, 3.05) is 0 Å². The van der Waals surface area contributed by atoms with Gasteiger partial charge in [-0.05, 0) is 39.8 Å². The van der Waals surface area contributed by atoms with E-state index in [1.54, 1.807) is 44.2 Å². The molecule has 26 heavy (non-hydrogen) atoms. The van der Waals surface area contributed by atoms with Crippen molar-refractivity contribution in [2.24, 2.45) is 0 Å². The van der Waals surface area contributed by atoms with Crippen LogP contribution in [0.2, 0.25) is 0 Å². The molecule has 0 spiro atoms. The molecule has 1 amide bonds. The molecule has 0 atom stereocenters.